The second-order valence-electron chi connectivity index (χ2n) is 7.42. The summed E-state index contributed by atoms with van der Waals surface area (Å²) >= 11 is 0. The molecule has 0 aliphatic heterocycles. The Kier molecular flexibility index (Phi) is 6.35. The van der Waals surface area contributed by atoms with Gasteiger partial charge in [0.15, 0.2) is 6.61 Å². The Morgan fingerprint density at radius 3 is 2.42 bits per heavy atom. The molecule has 1 amide bonds. The van der Waals surface area contributed by atoms with Gasteiger partial charge in [-0.05, 0) is 59.2 Å². The predicted molar refractivity (Wildman–Crippen MR) is 116 cm³/mol. The largest absolute Gasteiger partial charge is 0.480 e. The molecule has 6 nitrogen and oxygen atoms in total. The minimum Gasteiger partial charge on any atom is -0.480 e. The number of carbonyl (C=O) groups excluding carboxylic acids is 1. The van der Waals surface area contributed by atoms with E-state index in [4.69, 9.17) is 9.15 Å². The molecular weight excluding hydrogens is 432 g/mol. The maximum atomic E-state index is 13.3. The van der Waals surface area contributed by atoms with Crippen molar-refractivity contribution in [2.24, 2.45) is 0 Å². The molecule has 0 spiro atoms. The third-order valence-electron chi connectivity index (χ3n) is 5.01. The number of carboxylic acids is 1. The Bertz CT molecular complexity index is 1300. The highest BCUT2D eigenvalue weighted by atomic mass is 19.1. The number of amides is 1. The lowest BCUT2D eigenvalue weighted by atomic mass is 10.0. The van der Waals surface area contributed by atoms with Crippen molar-refractivity contribution in [3.8, 4) is 11.1 Å². The zero-order chi connectivity index (χ0) is 23.4. The summed E-state index contributed by atoms with van der Waals surface area (Å²) < 4.78 is 37.2. The third-order valence-corrected chi connectivity index (χ3v) is 5.01. The van der Waals surface area contributed by atoms with Gasteiger partial charge in [0.2, 0.25) is 0 Å². The second kappa shape index (κ2) is 9.52. The van der Waals surface area contributed by atoms with Crippen LogP contribution in [-0.2, 0) is 22.6 Å². The first kappa shape index (κ1) is 22.0. The highest BCUT2D eigenvalue weighted by Crippen LogP contribution is 2.27. The van der Waals surface area contributed by atoms with Crippen LogP contribution in [0.5, 0.6) is 0 Å². The van der Waals surface area contributed by atoms with Gasteiger partial charge in [0.05, 0.1) is 0 Å². The number of carboxylic acid groups (broad SMARTS) is 1. The van der Waals surface area contributed by atoms with E-state index >= 15 is 0 Å². The molecule has 8 heteroatoms. The Morgan fingerprint density at radius 2 is 1.70 bits per heavy atom. The molecular formula is C25H19F2NO5. The predicted octanol–water partition coefficient (Wildman–Crippen LogP) is 5.30. The van der Waals surface area contributed by atoms with Crippen LogP contribution in [-0.4, -0.2) is 23.2 Å². The van der Waals surface area contributed by atoms with Crippen molar-refractivity contribution >= 4 is 23.0 Å². The summed E-state index contributed by atoms with van der Waals surface area (Å²) in [5, 5.41) is 12.4. The van der Waals surface area contributed by atoms with E-state index < -0.39 is 23.9 Å². The molecule has 4 aromatic rings. The molecule has 0 fully saturated rings. The summed E-state index contributed by atoms with van der Waals surface area (Å²) in [6, 6.07) is 17.5. The average molecular weight is 451 g/mol. The average Bonchev–Trinajstić information content (AvgIpc) is 3.20. The van der Waals surface area contributed by atoms with Gasteiger partial charge in [0, 0.05) is 11.8 Å². The monoisotopic (exact) mass is 451 g/mol. The summed E-state index contributed by atoms with van der Waals surface area (Å²) in [6.45, 7) is -0.210. The summed E-state index contributed by atoms with van der Waals surface area (Å²) in [7, 11) is 0. The molecule has 4 rings (SSSR count). The van der Waals surface area contributed by atoms with Crippen LogP contribution in [0.2, 0.25) is 0 Å². The van der Waals surface area contributed by atoms with Crippen LogP contribution >= 0.6 is 0 Å². The van der Waals surface area contributed by atoms with Gasteiger partial charge in [-0.25, -0.2) is 18.4 Å². The molecule has 168 valence electrons. The summed E-state index contributed by atoms with van der Waals surface area (Å²) in [5.41, 5.74) is 2.72. The lowest BCUT2D eigenvalue weighted by Crippen LogP contribution is -2.42. The number of fused-ring (bicyclic) bond motifs is 1. The van der Waals surface area contributed by atoms with Crippen molar-refractivity contribution in [3.05, 3.63) is 95.8 Å². The molecule has 0 aliphatic rings. The lowest BCUT2D eigenvalue weighted by Gasteiger charge is -2.14. The molecule has 0 unspecified atom stereocenters. The van der Waals surface area contributed by atoms with Crippen molar-refractivity contribution in [1.82, 2.24) is 5.32 Å². The Labute approximate surface area is 187 Å². The second-order valence-corrected chi connectivity index (χ2v) is 7.42. The van der Waals surface area contributed by atoms with Gasteiger partial charge in [-0.15, -0.1) is 0 Å². The first-order chi connectivity index (χ1) is 15.9. The molecule has 3 aromatic carbocycles. The molecule has 0 bridgehead atoms. The van der Waals surface area contributed by atoms with Crippen molar-refractivity contribution in [3.63, 3.8) is 0 Å². The number of ether oxygens (including phenoxy) is 1. The highest BCUT2D eigenvalue weighted by Gasteiger charge is 2.21. The highest BCUT2D eigenvalue weighted by molar-refractivity contribution is 5.84. The van der Waals surface area contributed by atoms with Crippen LogP contribution in [0.4, 0.5) is 13.6 Å². The van der Waals surface area contributed by atoms with E-state index in [1.165, 1.54) is 30.3 Å². The lowest BCUT2D eigenvalue weighted by molar-refractivity contribution is -0.139. The van der Waals surface area contributed by atoms with Crippen LogP contribution in [0.25, 0.3) is 22.1 Å². The third kappa shape index (κ3) is 5.54. The topological polar surface area (TPSA) is 88.8 Å². The van der Waals surface area contributed by atoms with E-state index in [9.17, 15) is 23.5 Å². The smallest absolute Gasteiger partial charge is 0.408 e. The van der Waals surface area contributed by atoms with E-state index in [0.717, 1.165) is 16.5 Å². The fourth-order valence-corrected chi connectivity index (χ4v) is 3.41. The number of carbonyl (C=O) groups is 2. The van der Waals surface area contributed by atoms with E-state index in [1.807, 2.05) is 12.1 Å². The van der Waals surface area contributed by atoms with Crippen molar-refractivity contribution in [1.29, 1.82) is 0 Å². The SMILES string of the molecule is O=C(N[C@H](Cc1cccc(F)c1)C(=O)O)OCc1cc2cc(-c3ccc(F)cc3)ccc2o1. The number of hydrogen-bond acceptors (Lipinski definition) is 4. The van der Waals surface area contributed by atoms with Crippen LogP contribution in [0, 0.1) is 11.6 Å². The van der Waals surface area contributed by atoms with Gasteiger partial charge in [-0.1, -0.05) is 30.3 Å². The standard InChI is InChI=1S/C25H19F2NO5/c26-19-7-4-16(5-8-19)17-6-9-23-18(12-17)13-21(33-23)14-32-25(31)28-22(24(29)30)11-15-2-1-3-20(27)10-15/h1-10,12-13,22H,11,14H2,(H,28,31)(H,29,30)/t22-/m1/s1. The Balaban J connectivity index is 1.39. The van der Waals surface area contributed by atoms with Crippen molar-refractivity contribution in [2.75, 3.05) is 0 Å². The number of aliphatic carboxylic acids is 1. The van der Waals surface area contributed by atoms with E-state index in [-0.39, 0.29) is 18.8 Å². The first-order valence-electron chi connectivity index (χ1n) is 10.1. The van der Waals surface area contributed by atoms with Crippen molar-refractivity contribution in [2.45, 2.75) is 19.1 Å². The van der Waals surface area contributed by atoms with E-state index in [1.54, 1.807) is 30.3 Å². The Hall–Kier alpha value is -4.20. The molecule has 0 saturated carbocycles. The van der Waals surface area contributed by atoms with Crippen LogP contribution in [0.1, 0.15) is 11.3 Å². The minimum absolute atomic E-state index is 0.0982. The molecule has 0 aliphatic carbocycles. The molecule has 0 saturated heterocycles. The number of nitrogens with one attached hydrogen (secondary N) is 1. The molecule has 0 radical (unpaired) electrons. The van der Waals surface area contributed by atoms with Gasteiger partial charge in [0.25, 0.3) is 0 Å². The van der Waals surface area contributed by atoms with Gasteiger partial charge < -0.3 is 19.6 Å². The minimum atomic E-state index is -1.28. The summed E-state index contributed by atoms with van der Waals surface area (Å²) in [4.78, 5) is 23.6. The fourth-order valence-electron chi connectivity index (χ4n) is 3.41. The summed E-state index contributed by atoms with van der Waals surface area (Å²) in [5.74, 6) is -1.71. The number of halogens is 2. The Morgan fingerprint density at radius 1 is 0.939 bits per heavy atom. The number of furan rings is 1. The molecule has 2 N–H and O–H groups in total. The molecule has 1 atom stereocenters. The van der Waals surface area contributed by atoms with Crippen LogP contribution in [0.15, 0.2) is 77.2 Å². The van der Waals surface area contributed by atoms with Crippen molar-refractivity contribution < 1.29 is 32.6 Å². The number of benzene rings is 3. The number of rotatable bonds is 7. The van der Waals surface area contributed by atoms with Crippen LogP contribution in [0.3, 0.4) is 0 Å². The molecule has 1 heterocycles. The maximum Gasteiger partial charge on any atom is 0.408 e. The first-order valence-corrected chi connectivity index (χ1v) is 10.1. The van der Waals surface area contributed by atoms with Gasteiger partial charge in [0.1, 0.15) is 29.0 Å². The van der Waals surface area contributed by atoms with E-state index in [2.05, 4.69) is 5.32 Å². The number of hydrogen-bond donors (Lipinski definition) is 2. The normalized spacial score (nSPS) is 11.8. The maximum absolute atomic E-state index is 13.3. The van der Waals surface area contributed by atoms with E-state index in [0.29, 0.717) is 16.9 Å². The van der Waals surface area contributed by atoms with Gasteiger partial charge >= 0.3 is 12.1 Å². The zero-order valence-corrected chi connectivity index (χ0v) is 17.3. The molecule has 33 heavy (non-hydrogen) atoms. The number of alkyl carbamates (subject to hydrolysis) is 1. The summed E-state index contributed by atoms with van der Waals surface area (Å²) in [6.07, 6.45) is -1.04. The fraction of sp³-hybridized carbons (Fsp3) is 0.120. The zero-order valence-electron chi connectivity index (χ0n) is 17.3. The van der Waals surface area contributed by atoms with Crippen LogP contribution < -0.4 is 5.32 Å². The van der Waals surface area contributed by atoms with Gasteiger partial charge in [-0.2, -0.15) is 0 Å². The van der Waals surface area contributed by atoms with Gasteiger partial charge in [-0.3, -0.25) is 0 Å². The molecule has 1 aromatic heterocycles. The quantitative estimate of drug-likeness (QED) is 0.398.